The summed E-state index contributed by atoms with van der Waals surface area (Å²) in [4.78, 5) is 19.7. The average Bonchev–Trinajstić information content (AvgIpc) is 2.96. The second-order valence-electron chi connectivity index (χ2n) is 6.51. The number of rotatable bonds is 6. The number of carbonyl (C=O) groups is 1. The molecule has 146 valence electrons. The quantitative estimate of drug-likeness (QED) is 0.523. The van der Waals surface area contributed by atoms with Crippen LogP contribution in [0, 0.1) is 5.82 Å². The summed E-state index contributed by atoms with van der Waals surface area (Å²) >= 11 is 0. The zero-order valence-electron chi connectivity index (χ0n) is 15.6. The van der Waals surface area contributed by atoms with Gasteiger partial charge in [0.15, 0.2) is 0 Å². The third-order valence-corrected chi connectivity index (χ3v) is 4.31. The highest BCUT2D eigenvalue weighted by Crippen LogP contribution is 2.28. The van der Waals surface area contributed by atoms with Crippen LogP contribution in [-0.2, 0) is 18.3 Å². The number of amides is 1. The number of hydrogen-bond donors (Lipinski definition) is 2. The van der Waals surface area contributed by atoms with Crippen molar-refractivity contribution in [3.63, 3.8) is 0 Å². The highest BCUT2D eigenvalue weighted by molar-refractivity contribution is 5.81. The Labute approximate surface area is 166 Å². The van der Waals surface area contributed by atoms with Gasteiger partial charge in [-0.2, -0.15) is 0 Å². The number of halogens is 1. The lowest BCUT2D eigenvalue weighted by atomic mass is 10.2. The van der Waals surface area contributed by atoms with Crippen molar-refractivity contribution in [3.8, 4) is 11.5 Å². The minimum Gasteiger partial charge on any atom is -0.457 e. The van der Waals surface area contributed by atoms with E-state index in [9.17, 15) is 9.18 Å². The molecule has 4 aromatic rings. The molecule has 2 aromatic carbocycles. The maximum absolute atomic E-state index is 13.4. The standard InChI is InChI=1S/C21H18FN5O2/c1-27-19-6-5-16(29-17-7-8-24-15(10-17)11-20(23)28)12-18(19)26-21(27)25-14-4-2-3-13(22)9-14/h2-10,12H,11H2,1H3,(H2,23,28)(H,25,26). The number of anilines is 2. The first-order valence-corrected chi connectivity index (χ1v) is 8.88. The molecule has 0 aliphatic carbocycles. The van der Waals surface area contributed by atoms with Gasteiger partial charge >= 0.3 is 0 Å². The Hall–Kier alpha value is -3.94. The Bertz CT molecular complexity index is 1200. The second kappa shape index (κ2) is 7.59. The van der Waals surface area contributed by atoms with Crippen molar-refractivity contribution in [2.75, 3.05) is 5.32 Å². The first-order chi connectivity index (χ1) is 14.0. The maximum Gasteiger partial charge on any atom is 0.223 e. The molecule has 0 unspecified atom stereocenters. The van der Waals surface area contributed by atoms with E-state index in [1.165, 1.54) is 12.1 Å². The van der Waals surface area contributed by atoms with E-state index in [-0.39, 0.29) is 12.2 Å². The Balaban J connectivity index is 1.59. The Morgan fingerprint density at radius 2 is 2.00 bits per heavy atom. The summed E-state index contributed by atoms with van der Waals surface area (Å²) < 4.78 is 21.2. The van der Waals surface area contributed by atoms with E-state index in [4.69, 9.17) is 10.5 Å². The van der Waals surface area contributed by atoms with Crippen molar-refractivity contribution in [3.05, 3.63) is 72.3 Å². The molecule has 0 fully saturated rings. The van der Waals surface area contributed by atoms with E-state index in [1.54, 1.807) is 36.5 Å². The zero-order valence-corrected chi connectivity index (χ0v) is 15.6. The van der Waals surface area contributed by atoms with Gasteiger partial charge in [-0.1, -0.05) is 6.07 Å². The lowest BCUT2D eigenvalue weighted by molar-refractivity contribution is -0.117. The summed E-state index contributed by atoms with van der Waals surface area (Å²) in [6.07, 6.45) is 1.61. The van der Waals surface area contributed by atoms with Gasteiger partial charge in [0.25, 0.3) is 0 Å². The summed E-state index contributed by atoms with van der Waals surface area (Å²) in [5.74, 6) is 0.935. The van der Waals surface area contributed by atoms with Gasteiger partial charge in [-0.3, -0.25) is 9.78 Å². The molecular weight excluding hydrogens is 373 g/mol. The number of primary amides is 1. The van der Waals surface area contributed by atoms with E-state index < -0.39 is 5.91 Å². The van der Waals surface area contributed by atoms with Crippen LogP contribution in [0.4, 0.5) is 16.0 Å². The van der Waals surface area contributed by atoms with Crippen molar-refractivity contribution >= 4 is 28.6 Å². The number of imidazole rings is 1. The topological polar surface area (TPSA) is 95.1 Å². The normalized spacial score (nSPS) is 10.8. The number of carbonyl (C=O) groups excluding carboxylic acids is 1. The summed E-state index contributed by atoms with van der Waals surface area (Å²) in [5, 5.41) is 3.12. The Morgan fingerprint density at radius 1 is 1.17 bits per heavy atom. The van der Waals surface area contributed by atoms with Crippen LogP contribution in [0.5, 0.6) is 11.5 Å². The molecule has 29 heavy (non-hydrogen) atoms. The van der Waals surface area contributed by atoms with Crippen LogP contribution >= 0.6 is 0 Å². The lowest BCUT2D eigenvalue weighted by Gasteiger charge is -2.07. The Kier molecular flexibility index (Phi) is 4.82. The molecule has 7 nitrogen and oxygen atoms in total. The van der Waals surface area contributed by atoms with Crippen molar-refractivity contribution in [2.24, 2.45) is 12.8 Å². The molecule has 0 saturated heterocycles. The fourth-order valence-electron chi connectivity index (χ4n) is 2.98. The summed E-state index contributed by atoms with van der Waals surface area (Å²) in [5.41, 5.74) is 7.97. The van der Waals surface area contributed by atoms with Crippen LogP contribution in [0.15, 0.2) is 60.8 Å². The van der Waals surface area contributed by atoms with Crippen molar-refractivity contribution in [2.45, 2.75) is 6.42 Å². The number of aromatic nitrogens is 3. The molecule has 3 N–H and O–H groups in total. The number of benzene rings is 2. The first kappa shape index (κ1) is 18.4. The molecule has 0 atom stereocenters. The summed E-state index contributed by atoms with van der Waals surface area (Å²) in [6.45, 7) is 0. The molecule has 0 aliphatic heterocycles. The molecule has 1 amide bonds. The Morgan fingerprint density at radius 3 is 2.79 bits per heavy atom. The minimum absolute atomic E-state index is 0.0472. The van der Waals surface area contributed by atoms with Gasteiger partial charge in [-0.05, 0) is 36.4 Å². The van der Waals surface area contributed by atoms with Gasteiger partial charge in [-0.15, -0.1) is 0 Å². The molecule has 2 aromatic heterocycles. The van der Waals surface area contributed by atoms with Gasteiger partial charge in [0.1, 0.15) is 17.3 Å². The molecule has 0 bridgehead atoms. The smallest absolute Gasteiger partial charge is 0.223 e. The molecule has 4 rings (SSSR count). The second-order valence-corrected chi connectivity index (χ2v) is 6.51. The van der Waals surface area contributed by atoms with Gasteiger partial charge in [0, 0.05) is 31.1 Å². The fourth-order valence-corrected chi connectivity index (χ4v) is 2.98. The van der Waals surface area contributed by atoms with Crippen LogP contribution in [-0.4, -0.2) is 20.4 Å². The predicted octanol–water partition coefficient (Wildman–Crippen LogP) is 3.67. The van der Waals surface area contributed by atoms with Gasteiger partial charge < -0.3 is 20.4 Å². The number of fused-ring (bicyclic) bond motifs is 1. The molecule has 0 radical (unpaired) electrons. The monoisotopic (exact) mass is 391 g/mol. The third-order valence-electron chi connectivity index (χ3n) is 4.31. The van der Waals surface area contributed by atoms with Crippen LogP contribution in [0.3, 0.4) is 0 Å². The van der Waals surface area contributed by atoms with E-state index in [2.05, 4.69) is 15.3 Å². The number of nitrogens with two attached hydrogens (primary N) is 1. The van der Waals surface area contributed by atoms with E-state index in [0.717, 1.165) is 11.0 Å². The first-order valence-electron chi connectivity index (χ1n) is 8.88. The molecule has 2 heterocycles. The van der Waals surface area contributed by atoms with E-state index in [1.807, 2.05) is 23.7 Å². The minimum atomic E-state index is -0.456. The van der Waals surface area contributed by atoms with Crippen LogP contribution < -0.4 is 15.8 Å². The third kappa shape index (κ3) is 4.16. The van der Waals surface area contributed by atoms with E-state index >= 15 is 0 Å². The SMILES string of the molecule is Cn1c(Nc2cccc(F)c2)nc2cc(Oc3ccnc(CC(N)=O)c3)ccc21. The zero-order chi connectivity index (χ0) is 20.4. The van der Waals surface area contributed by atoms with Gasteiger partial charge in [0.2, 0.25) is 11.9 Å². The van der Waals surface area contributed by atoms with Crippen LogP contribution in [0.1, 0.15) is 5.69 Å². The predicted molar refractivity (Wildman–Crippen MR) is 108 cm³/mol. The highest BCUT2D eigenvalue weighted by Gasteiger charge is 2.10. The van der Waals surface area contributed by atoms with Crippen molar-refractivity contribution in [1.29, 1.82) is 0 Å². The fraction of sp³-hybridized carbons (Fsp3) is 0.0952. The highest BCUT2D eigenvalue weighted by atomic mass is 19.1. The summed E-state index contributed by atoms with van der Waals surface area (Å²) in [7, 11) is 1.87. The number of ether oxygens (including phenoxy) is 1. The lowest BCUT2D eigenvalue weighted by Crippen LogP contribution is -2.14. The molecule has 0 spiro atoms. The van der Waals surface area contributed by atoms with Gasteiger partial charge in [-0.25, -0.2) is 9.37 Å². The van der Waals surface area contributed by atoms with E-state index in [0.29, 0.717) is 28.8 Å². The molecule has 8 heteroatoms. The number of nitrogens with zero attached hydrogens (tertiary/aromatic N) is 3. The van der Waals surface area contributed by atoms with Crippen molar-refractivity contribution < 1.29 is 13.9 Å². The summed E-state index contributed by atoms with van der Waals surface area (Å²) in [6, 6.07) is 15.1. The maximum atomic E-state index is 13.4. The number of hydrogen-bond acceptors (Lipinski definition) is 5. The molecular formula is C21H18FN5O2. The number of nitrogens with one attached hydrogen (secondary N) is 1. The van der Waals surface area contributed by atoms with Crippen LogP contribution in [0.25, 0.3) is 11.0 Å². The average molecular weight is 391 g/mol. The number of pyridine rings is 1. The molecule has 0 aliphatic rings. The molecule has 0 saturated carbocycles. The van der Waals surface area contributed by atoms with Crippen molar-refractivity contribution in [1.82, 2.24) is 14.5 Å². The van der Waals surface area contributed by atoms with Gasteiger partial charge in [0.05, 0.1) is 23.1 Å². The number of aryl methyl sites for hydroxylation is 1. The van der Waals surface area contributed by atoms with Crippen LogP contribution in [0.2, 0.25) is 0 Å². The largest absolute Gasteiger partial charge is 0.457 e.